The fourth-order valence-electron chi connectivity index (χ4n) is 1.22. The molecule has 5 heteroatoms. The van der Waals surface area contributed by atoms with Crippen molar-refractivity contribution < 1.29 is 9.53 Å². The number of methoxy groups -OCH3 is 1. The third kappa shape index (κ3) is 3.19. The highest BCUT2D eigenvalue weighted by molar-refractivity contribution is 5.98. The molecule has 0 N–H and O–H groups in total. The van der Waals surface area contributed by atoms with Crippen molar-refractivity contribution in [1.82, 2.24) is 9.78 Å². The van der Waals surface area contributed by atoms with Crippen molar-refractivity contribution >= 4 is 17.5 Å². The highest BCUT2D eigenvalue weighted by Crippen LogP contribution is 2.13. The Balaban J connectivity index is 2.78. The number of aromatic nitrogens is 2. The van der Waals surface area contributed by atoms with Crippen molar-refractivity contribution in [2.45, 2.75) is 20.3 Å². The molecule has 1 aromatic heterocycles. The summed E-state index contributed by atoms with van der Waals surface area (Å²) >= 11 is 0. The second-order valence-electron chi connectivity index (χ2n) is 3.37. The van der Waals surface area contributed by atoms with Gasteiger partial charge in [0.05, 0.1) is 19.2 Å². The van der Waals surface area contributed by atoms with E-state index in [0.717, 1.165) is 11.5 Å². The van der Waals surface area contributed by atoms with Crippen LogP contribution in [0.25, 0.3) is 0 Å². The van der Waals surface area contributed by atoms with E-state index >= 15 is 0 Å². The lowest BCUT2D eigenvalue weighted by Crippen LogP contribution is -2.06. The normalized spacial score (nSPS) is 11.6. The molecule has 1 rings (SSSR count). The van der Waals surface area contributed by atoms with Crippen LogP contribution in [0.1, 0.15) is 19.0 Å². The maximum absolute atomic E-state index is 11.0. The molecular weight excluding hydrogens is 194 g/mol. The van der Waals surface area contributed by atoms with Gasteiger partial charge in [0.2, 0.25) is 0 Å². The summed E-state index contributed by atoms with van der Waals surface area (Å²) in [6.45, 7) is 3.69. The fraction of sp³-hybridized carbons (Fsp3) is 0.500. The number of carbonyl (C=O) groups is 1. The number of nitrogens with zero attached hydrogens (tertiary/aromatic N) is 3. The zero-order chi connectivity index (χ0) is 11.4. The van der Waals surface area contributed by atoms with Crippen LogP contribution in [-0.2, 0) is 16.6 Å². The molecule has 15 heavy (non-hydrogen) atoms. The Hall–Kier alpha value is -1.65. The first-order valence-electron chi connectivity index (χ1n) is 4.64. The zero-order valence-corrected chi connectivity index (χ0v) is 9.44. The van der Waals surface area contributed by atoms with Crippen LogP contribution in [-0.4, -0.2) is 28.6 Å². The molecule has 0 aliphatic carbocycles. The minimum Gasteiger partial charge on any atom is -0.469 e. The molecule has 82 valence electrons. The smallest absolute Gasteiger partial charge is 0.311 e. The van der Waals surface area contributed by atoms with Gasteiger partial charge >= 0.3 is 5.97 Å². The van der Waals surface area contributed by atoms with Crippen LogP contribution < -0.4 is 0 Å². The molecule has 0 fully saturated rings. The molecule has 0 unspecified atom stereocenters. The first-order valence-corrected chi connectivity index (χ1v) is 4.64. The summed E-state index contributed by atoms with van der Waals surface area (Å²) in [5, 5.41) is 4.16. The Labute approximate surface area is 88.8 Å². The number of hydrogen-bond donors (Lipinski definition) is 0. The summed E-state index contributed by atoms with van der Waals surface area (Å²) in [4.78, 5) is 15.3. The van der Waals surface area contributed by atoms with Gasteiger partial charge in [-0.1, -0.05) is 0 Å². The monoisotopic (exact) mass is 209 g/mol. The van der Waals surface area contributed by atoms with Gasteiger partial charge in [0.1, 0.15) is 5.82 Å². The minimum absolute atomic E-state index is 0.209. The molecule has 5 nitrogen and oxygen atoms in total. The molecular formula is C10H15N3O2. The van der Waals surface area contributed by atoms with Crippen molar-refractivity contribution in [3.63, 3.8) is 0 Å². The summed E-state index contributed by atoms with van der Waals surface area (Å²) in [6, 6.07) is 1.86. The highest BCUT2D eigenvalue weighted by Gasteiger charge is 2.05. The van der Waals surface area contributed by atoms with Gasteiger partial charge in [0.15, 0.2) is 0 Å². The lowest BCUT2D eigenvalue weighted by atomic mass is 10.3. The number of ether oxygens (including phenoxy) is 1. The molecule has 0 radical (unpaired) electrons. The van der Waals surface area contributed by atoms with E-state index in [9.17, 15) is 4.79 Å². The quantitative estimate of drug-likeness (QED) is 0.558. The maximum Gasteiger partial charge on any atom is 0.311 e. The fourth-order valence-corrected chi connectivity index (χ4v) is 1.22. The van der Waals surface area contributed by atoms with Crippen molar-refractivity contribution in [2.75, 3.05) is 7.11 Å². The lowest BCUT2D eigenvalue weighted by molar-refractivity contribution is -0.139. The first kappa shape index (κ1) is 11.4. The second kappa shape index (κ2) is 4.72. The van der Waals surface area contributed by atoms with Gasteiger partial charge in [-0.25, -0.2) is 4.99 Å². The summed E-state index contributed by atoms with van der Waals surface area (Å²) in [6.07, 6.45) is 0.209. The van der Waals surface area contributed by atoms with Gasteiger partial charge < -0.3 is 4.74 Å². The Kier molecular flexibility index (Phi) is 3.60. The van der Waals surface area contributed by atoms with Gasteiger partial charge in [-0.2, -0.15) is 5.10 Å². The van der Waals surface area contributed by atoms with Crippen LogP contribution in [0.3, 0.4) is 0 Å². The van der Waals surface area contributed by atoms with E-state index in [1.54, 1.807) is 11.6 Å². The van der Waals surface area contributed by atoms with Crippen LogP contribution in [0.4, 0.5) is 5.82 Å². The van der Waals surface area contributed by atoms with Crippen LogP contribution in [0, 0.1) is 6.92 Å². The van der Waals surface area contributed by atoms with Crippen LogP contribution >= 0.6 is 0 Å². The van der Waals surface area contributed by atoms with E-state index in [1.165, 1.54) is 7.11 Å². The Morgan fingerprint density at radius 2 is 2.33 bits per heavy atom. The standard InChI is InChI=1S/C10H15N3O2/c1-7(6-10(14)15-4)11-9-5-8(2)12-13(9)3/h5H,6H2,1-4H3. The molecule has 0 aromatic carbocycles. The van der Waals surface area contributed by atoms with Crippen molar-refractivity contribution in [2.24, 2.45) is 12.0 Å². The zero-order valence-electron chi connectivity index (χ0n) is 9.44. The average molecular weight is 209 g/mol. The number of esters is 1. The van der Waals surface area contributed by atoms with Gasteiger partial charge in [-0.15, -0.1) is 0 Å². The Morgan fingerprint density at radius 3 is 2.80 bits per heavy atom. The van der Waals surface area contributed by atoms with Gasteiger partial charge in [0, 0.05) is 18.8 Å². The predicted molar refractivity (Wildman–Crippen MR) is 57.3 cm³/mol. The van der Waals surface area contributed by atoms with E-state index in [4.69, 9.17) is 0 Å². The summed E-state index contributed by atoms with van der Waals surface area (Å²) < 4.78 is 6.23. The summed E-state index contributed by atoms with van der Waals surface area (Å²) in [7, 11) is 3.18. The number of hydrogen-bond acceptors (Lipinski definition) is 4. The minimum atomic E-state index is -0.282. The molecule has 1 heterocycles. The lowest BCUT2D eigenvalue weighted by Gasteiger charge is -1.99. The second-order valence-corrected chi connectivity index (χ2v) is 3.37. The van der Waals surface area contributed by atoms with Crippen LogP contribution in [0.5, 0.6) is 0 Å². The third-order valence-electron chi connectivity index (χ3n) is 1.91. The molecule has 0 bridgehead atoms. The number of aryl methyl sites for hydroxylation is 2. The molecule has 0 atom stereocenters. The molecule has 1 aromatic rings. The number of rotatable bonds is 3. The van der Waals surface area contributed by atoms with Crippen LogP contribution in [0.15, 0.2) is 11.1 Å². The highest BCUT2D eigenvalue weighted by atomic mass is 16.5. The maximum atomic E-state index is 11.0. The summed E-state index contributed by atoms with van der Waals surface area (Å²) in [5.41, 5.74) is 1.62. The molecule has 0 aliphatic rings. The summed E-state index contributed by atoms with van der Waals surface area (Å²) in [5.74, 6) is 0.462. The molecule has 0 saturated heterocycles. The van der Waals surface area contributed by atoms with E-state index in [0.29, 0.717) is 5.71 Å². The predicted octanol–water partition coefficient (Wildman–Crippen LogP) is 1.38. The molecule has 0 amide bonds. The third-order valence-corrected chi connectivity index (χ3v) is 1.91. The van der Waals surface area contributed by atoms with E-state index in [-0.39, 0.29) is 12.4 Å². The Morgan fingerprint density at radius 1 is 1.67 bits per heavy atom. The van der Waals surface area contributed by atoms with Crippen LogP contribution in [0.2, 0.25) is 0 Å². The van der Waals surface area contributed by atoms with Gasteiger partial charge in [0.25, 0.3) is 0 Å². The topological polar surface area (TPSA) is 56.5 Å². The first-order chi connectivity index (χ1) is 7.02. The molecule has 0 aliphatic heterocycles. The number of carbonyl (C=O) groups excluding carboxylic acids is 1. The van der Waals surface area contributed by atoms with E-state index in [1.807, 2.05) is 20.0 Å². The Bertz CT molecular complexity index is 393. The molecule has 0 saturated carbocycles. The van der Waals surface area contributed by atoms with Crippen molar-refractivity contribution in [3.05, 3.63) is 11.8 Å². The van der Waals surface area contributed by atoms with Crippen molar-refractivity contribution in [3.8, 4) is 0 Å². The van der Waals surface area contributed by atoms with E-state index in [2.05, 4.69) is 14.8 Å². The largest absolute Gasteiger partial charge is 0.469 e. The SMILES string of the molecule is COC(=O)CC(C)=Nc1cc(C)nn1C. The molecule has 0 spiro atoms. The van der Waals surface area contributed by atoms with Gasteiger partial charge in [-0.3, -0.25) is 9.48 Å². The van der Waals surface area contributed by atoms with Gasteiger partial charge in [-0.05, 0) is 13.8 Å². The number of aliphatic imine (C=N–C) groups is 1. The average Bonchev–Trinajstić information content (AvgIpc) is 2.44. The van der Waals surface area contributed by atoms with Crippen molar-refractivity contribution in [1.29, 1.82) is 0 Å². The van der Waals surface area contributed by atoms with E-state index < -0.39 is 0 Å².